The summed E-state index contributed by atoms with van der Waals surface area (Å²) < 4.78 is 0. The number of fused-ring (bicyclic) bond motifs is 1. The number of nitrogens with one attached hydrogen (secondary N) is 3. The van der Waals surface area contributed by atoms with Gasteiger partial charge in [-0.3, -0.25) is 0 Å². The zero-order valence-corrected chi connectivity index (χ0v) is 13.3. The van der Waals surface area contributed by atoms with Gasteiger partial charge in [-0.15, -0.1) is 0 Å². The number of rotatable bonds is 4. The van der Waals surface area contributed by atoms with E-state index >= 15 is 0 Å². The molecule has 0 aliphatic heterocycles. The van der Waals surface area contributed by atoms with E-state index < -0.39 is 0 Å². The molecule has 0 radical (unpaired) electrons. The summed E-state index contributed by atoms with van der Waals surface area (Å²) in [6.07, 6.45) is 3.67. The van der Waals surface area contributed by atoms with Crippen LogP contribution < -0.4 is 10.6 Å². The van der Waals surface area contributed by atoms with Crippen molar-refractivity contribution < 1.29 is 0 Å². The van der Waals surface area contributed by atoms with Gasteiger partial charge < -0.3 is 15.6 Å². The minimum atomic E-state index is 0.598. The van der Waals surface area contributed by atoms with Crippen LogP contribution in [0.25, 0.3) is 11.0 Å². The van der Waals surface area contributed by atoms with Crippen LogP contribution in [0.15, 0.2) is 48.8 Å². The van der Waals surface area contributed by atoms with E-state index in [9.17, 15) is 0 Å². The third-order valence-corrected chi connectivity index (χ3v) is 4.04. The fourth-order valence-corrected chi connectivity index (χ4v) is 2.57. The monoisotopic (exact) mass is 330 g/mol. The van der Waals surface area contributed by atoms with Crippen molar-refractivity contribution in [1.29, 1.82) is 0 Å². The van der Waals surface area contributed by atoms with Crippen molar-refractivity contribution in [3.8, 4) is 0 Å². The molecular weight excluding hydrogens is 316 g/mol. The van der Waals surface area contributed by atoms with Crippen LogP contribution in [0.1, 0.15) is 11.1 Å². The Morgan fingerprint density at radius 1 is 1.09 bits per heavy atom. The molecule has 22 heavy (non-hydrogen) atoms. The van der Waals surface area contributed by atoms with Gasteiger partial charge in [0.25, 0.3) is 0 Å². The number of thiocarbonyl (C=S) groups is 1. The number of benzene rings is 1. The van der Waals surface area contributed by atoms with E-state index in [0.29, 0.717) is 18.2 Å². The molecule has 0 aliphatic carbocycles. The molecule has 3 N–H and O–H groups in total. The Morgan fingerprint density at radius 3 is 2.68 bits per heavy atom. The molecule has 0 aliphatic rings. The summed E-state index contributed by atoms with van der Waals surface area (Å²) >= 11 is 11.4. The second-order valence-electron chi connectivity index (χ2n) is 4.84. The molecule has 0 amide bonds. The molecule has 3 aromatic rings. The number of pyridine rings is 1. The average molecular weight is 331 g/mol. The molecule has 0 atom stereocenters. The van der Waals surface area contributed by atoms with Crippen molar-refractivity contribution in [2.24, 2.45) is 0 Å². The molecule has 0 bridgehead atoms. The fraction of sp³-hybridized carbons (Fsp3) is 0.125. The van der Waals surface area contributed by atoms with Crippen LogP contribution in [0.5, 0.6) is 0 Å². The maximum Gasteiger partial charge on any atom is 0.166 e. The van der Waals surface area contributed by atoms with Gasteiger partial charge in [-0.2, -0.15) is 0 Å². The highest BCUT2D eigenvalue weighted by Gasteiger charge is 2.04. The van der Waals surface area contributed by atoms with E-state index in [1.54, 1.807) is 6.20 Å². The van der Waals surface area contributed by atoms with Crippen molar-refractivity contribution in [3.05, 3.63) is 64.9 Å². The highest BCUT2D eigenvalue weighted by molar-refractivity contribution is 7.80. The standard InChI is InChI=1S/C16H15ClN4S/c17-14-4-2-1-3-12(14)10-21-16(22)20-9-11-5-7-18-15-13(11)6-8-19-15/h1-8H,9-10H2,(H,18,19)(H2,20,21,22). The molecule has 0 saturated heterocycles. The van der Waals surface area contributed by atoms with Gasteiger partial charge in [0.05, 0.1) is 0 Å². The smallest absolute Gasteiger partial charge is 0.166 e. The molecular formula is C16H15ClN4S. The zero-order chi connectivity index (χ0) is 15.4. The largest absolute Gasteiger partial charge is 0.359 e. The molecule has 4 nitrogen and oxygen atoms in total. The van der Waals surface area contributed by atoms with Crippen LogP contribution in [0, 0.1) is 0 Å². The Balaban J connectivity index is 1.56. The first-order chi connectivity index (χ1) is 10.7. The van der Waals surface area contributed by atoms with Gasteiger partial charge in [-0.1, -0.05) is 29.8 Å². The first-order valence-corrected chi connectivity index (χ1v) is 7.69. The van der Waals surface area contributed by atoms with Gasteiger partial charge in [0.15, 0.2) is 5.11 Å². The molecule has 0 fully saturated rings. The van der Waals surface area contributed by atoms with Gasteiger partial charge in [0.1, 0.15) is 5.65 Å². The van der Waals surface area contributed by atoms with Gasteiger partial charge in [0, 0.05) is 35.9 Å². The van der Waals surface area contributed by atoms with Crippen LogP contribution >= 0.6 is 23.8 Å². The number of aromatic amines is 1. The predicted octanol–water partition coefficient (Wildman–Crippen LogP) is 3.38. The topological polar surface area (TPSA) is 52.7 Å². The number of nitrogens with zero attached hydrogens (tertiary/aromatic N) is 1. The summed E-state index contributed by atoms with van der Waals surface area (Å²) in [5, 5.41) is 8.81. The minimum Gasteiger partial charge on any atom is -0.359 e. The van der Waals surface area contributed by atoms with E-state index in [4.69, 9.17) is 23.8 Å². The Morgan fingerprint density at radius 2 is 1.86 bits per heavy atom. The lowest BCUT2D eigenvalue weighted by Gasteiger charge is -2.11. The molecule has 3 rings (SSSR count). The van der Waals surface area contributed by atoms with E-state index in [1.165, 1.54) is 0 Å². The molecule has 6 heteroatoms. The van der Waals surface area contributed by atoms with Gasteiger partial charge >= 0.3 is 0 Å². The molecule has 112 valence electrons. The van der Waals surface area contributed by atoms with Crippen molar-refractivity contribution in [2.45, 2.75) is 13.1 Å². The van der Waals surface area contributed by atoms with E-state index in [2.05, 4.69) is 20.6 Å². The third kappa shape index (κ3) is 3.37. The highest BCUT2D eigenvalue weighted by atomic mass is 35.5. The summed E-state index contributed by atoms with van der Waals surface area (Å²) in [4.78, 5) is 7.37. The molecule has 2 aromatic heterocycles. The second-order valence-corrected chi connectivity index (χ2v) is 5.65. The van der Waals surface area contributed by atoms with Gasteiger partial charge in [-0.05, 0) is 41.5 Å². The quantitative estimate of drug-likeness (QED) is 0.642. The molecule has 2 heterocycles. The Bertz CT molecular complexity index is 799. The van der Waals surface area contributed by atoms with Crippen LogP contribution in [0.4, 0.5) is 0 Å². The Labute approximate surface area is 138 Å². The van der Waals surface area contributed by atoms with E-state index in [-0.39, 0.29) is 0 Å². The summed E-state index contributed by atoms with van der Waals surface area (Å²) in [6, 6.07) is 11.7. The number of H-pyrrole nitrogens is 1. The van der Waals surface area contributed by atoms with E-state index in [1.807, 2.05) is 42.6 Å². The van der Waals surface area contributed by atoms with Crippen molar-refractivity contribution in [2.75, 3.05) is 0 Å². The first kappa shape index (κ1) is 14.8. The summed E-state index contributed by atoms with van der Waals surface area (Å²) in [7, 11) is 0. The lowest BCUT2D eigenvalue weighted by molar-refractivity contribution is 0.836. The average Bonchev–Trinajstić information content (AvgIpc) is 3.01. The van der Waals surface area contributed by atoms with Crippen molar-refractivity contribution >= 4 is 40.0 Å². The molecule has 1 aromatic carbocycles. The van der Waals surface area contributed by atoms with Crippen LogP contribution in [-0.4, -0.2) is 15.1 Å². The maximum atomic E-state index is 6.12. The van der Waals surface area contributed by atoms with E-state index in [0.717, 1.165) is 27.2 Å². The number of hydrogen-bond acceptors (Lipinski definition) is 2. The molecule has 0 saturated carbocycles. The van der Waals surface area contributed by atoms with Crippen molar-refractivity contribution in [1.82, 2.24) is 20.6 Å². The molecule has 0 unspecified atom stereocenters. The Kier molecular flexibility index (Phi) is 4.56. The van der Waals surface area contributed by atoms with Gasteiger partial charge in [-0.25, -0.2) is 4.98 Å². The predicted molar refractivity (Wildman–Crippen MR) is 93.8 cm³/mol. The lowest BCUT2D eigenvalue weighted by Crippen LogP contribution is -2.34. The Hall–Kier alpha value is -2.11. The first-order valence-electron chi connectivity index (χ1n) is 6.90. The summed E-state index contributed by atoms with van der Waals surface area (Å²) in [5.74, 6) is 0. The van der Waals surface area contributed by atoms with Crippen LogP contribution in [0.2, 0.25) is 5.02 Å². The summed E-state index contributed by atoms with van der Waals surface area (Å²) in [6.45, 7) is 1.24. The van der Waals surface area contributed by atoms with Crippen LogP contribution in [-0.2, 0) is 13.1 Å². The lowest BCUT2D eigenvalue weighted by atomic mass is 10.2. The fourth-order valence-electron chi connectivity index (χ4n) is 2.23. The normalized spacial score (nSPS) is 10.6. The van der Waals surface area contributed by atoms with Crippen LogP contribution in [0.3, 0.4) is 0 Å². The number of hydrogen-bond donors (Lipinski definition) is 3. The van der Waals surface area contributed by atoms with Gasteiger partial charge in [0.2, 0.25) is 0 Å². The number of aromatic nitrogens is 2. The number of halogens is 1. The van der Waals surface area contributed by atoms with Crippen molar-refractivity contribution in [3.63, 3.8) is 0 Å². The second kappa shape index (κ2) is 6.77. The molecule has 0 spiro atoms. The maximum absolute atomic E-state index is 6.12. The minimum absolute atomic E-state index is 0.598. The summed E-state index contributed by atoms with van der Waals surface area (Å²) in [5.41, 5.74) is 3.05. The third-order valence-electron chi connectivity index (χ3n) is 3.39. The highest BCUT2D eigenvalue weighted by Crippen LogP contribution is 2.15. The zero-order valence-electron chi connectivity index (χ0n) is 11.8. The SMILES string of the molecule is S=C(NCc1ccccc1Cl)NCc1ccnc2[nH]ccc12.